The molecule has 0 radical (unpaired) electrons. The van der Waals surface area contributed by atoms with Gasteiger partial charge >= 0.3 is 0 Å². The number of nitrogens with zero attached hydrogens (tertiary/aromatic N) is 1. The summed E-state index contributed by atoms with van der Waals surface area (Å²) in [5.41, 5.74) is 9.61. The van der Waals surface area contributed by atoms with Crippen molar-refractivity contribution in [2.75, 3.05) is 12.8 Å². The van der Waals surface area contributed by atoms with Crippen LogP contribution >= 0.6 is 11.3 Å². The second-order valence-electron chi connectivity index (χ2n) is 4.39. The van der Waals surface area contributed by atoms with Crippen LogP contribution in [-0.2, 0) is 0 Å². The molecule has 1 heterocycles. The van der Waals surface area contributed by atoms with E-state index >= 15 is 0 Å². The average Bonchev–Trinajstić information content (AvgIpc) is 2.98. The number of aromatic nitrogens is 1. The Kier molecular flexibility index (Phi) is 3.39. The summed E-state index contributed by atoms with van der Waals surface area (Å²) in [5, 5.41) is 3.06. The van der Waals surface area contributed by atoms with Gasteiger partial charge in [-0.05, 0) is 48.5 Å². The molecule has 4 heteroatoms. The van der Waals surface area contributed by atoms with Gasteiger partial charge in [-0.1, -0.05) is 0 Å². The Bertz CT molecular complexity index is 702. The highest BCUT2D eigenvalue weighted by Crippen LogP contribution is 2.29. The maximum Gasteiger partial charge on any atom is 0.124 e. The number of nitrogen functional groups attached to an aromatic ring is 1. The lowest BCUT2D eigenvalue weighted by Gasteiger charge is -2.00. The van der Waals surface area contributed by atoms with E-state index in [2.05, 4.69) is 10.4 Å². The third-order valence-electron chi connectivity index (χ3n) is 3.05. The minimum atomic E-state index is 0.765. The highest BCUT2D eigenvalue weighted by Gasteiger charge is 2.06. The molecule has 0 aliphatic carbocycles. The normalized spacial score (nSPS) is 10.4. The summed E-state index contributed by atoms with van der Waals surface area (Å²) in [6.07, 6.45) is 0. The fourth-order valence-electron chi connectivity index (χ4n) is 1.93. The van der Waals surface area contributed by atoms with Crippen LogP contribution in [0.4, 0.5) is 5.69 Å². The van der Waals surface area contributed by atoms with Crippen LogP contribution in [0.5, 0.6) is 5.75 Å². The van der Waals surface area contributed by atoms with Crippen molar-refractivity contribution in [1.29, 1.82) is 0 Å². The number of thiazole rings is 1. The molecular weight excluding hydrogens is 268 g/mol. The van der Waals surface area contributed by atoms with Crippen molar-refractivity contribution in [3.05, 3.63) is 53.9 Å². The van der Waals surface area contributed by atoms with Crippen molar-refractivity contribution in [2.24, 2.45) is 0 Å². The molecule has 0 atom stereocenters. The monoisotopic (exact) mass is 282 g/mol. The molecule has 0 amide bonds. The van der Waals surface area contributed by atoms with Crippen LogP contribution in [0, 0.1) is 0 Å². The molecule has 0 aliphatic heterocycles. The third kappa shape index (κ3) is 2.51. The molecule has 3 nitrogen and oxygen atoms in total. The number of nitrogens with two attached hydrogens (primary N) is 1. The lowest BCUT2D eigenvalue weighted by molar-refractivity contribution is 0.415. The molecule has 3 rings (SSSR count). The molecule has 20 heavy (non-hydrogen) atoms. The van der Waals surface area contributed by atoms with Crippen molar-refractivity contribution in [3.63, 3.8) is 0 Å². The fourth-order valence-corrected chi connectivity index (χ4v) is 2.76. The van der Waals surface area contributed by atoms with E-state index < -0.39 is 0 Å². The van der Waals surface area contributed by atoms with Crippen LogP contribution in [0.2, 0.25) is 0 Å². The van der Waals surface area contributed by atoms with Crippen LogP contribution in [0.1, 0.15) is 0 Å². The van der Waals surface area contributed by atoms with Gasteiger partial charge < -0.3 is 10.5 Å². The predicted octanol–water partition coefficient (Wildman–Crippen LogP) is 4.07. The predicted molar refractivity (Wildman–Crippen MR) is 84.0 cm³/mol. The number of methoxy groups -OCH3 is 1. The van der Waals surface area contributed by atoms with E-state index in [0.29, 0.717) is 0 Å². The van der Waals surface area contributed by atoms with E-state index in [1.165, 1.54) is 0 Å². The Hall–Kier alpha value is -2.33. The number of anilines is 1. The summed E-state index contributed by atoms with van der Waals surface area (Å²) in [4.78, 5) is 4.67. The second-order valence-corrected chi connectivity index (χ2v) is 5.25. The maximum atomic E-state index is 5.70. The first kappa shape index (κ1) is 12.7. The molecule has 0 saturated heterocycles. The van der Waals surface area contributed by atoms with Gasteiger partial charge in [-0.3, -0.25) is 0 Å². The molecule has 3 aromatic rings. The molecule has 100 valence electrons. The molecule has 0 spiro atoms. The van der Waals surface area contributed by atoms with Gasteiger partial charge in [0.1, 0.15) is 10.8 Å². The molecule has 0 saturated carbocycles. The van der Waals surface area contributed by atoms with E-state index in [1.807, 2.05) is 48.5 Å². The van der Waals surface area contributed by atoms with E-state index in [0.717, 1.165) is 33.3 Å². The van der Waals surface area contributed by atoms with Crippen molar-refractivity contribution in [3.8, 4) is 27.6 Å². The number of hydrogen-bond donors (Lipinski definition) is 1. The van der Waals surface area contributed by atoms with Crippen LogP contribution in [0.25, 0.3) is 21.8 Å². The quantitative estimate of drug-likeness (QED) is 0.737. The average molecular weight is 282 g/mol. The topological polar surface area (TPSA) is 48.1 Å². The van der Waals surface area contributed by atoms with Gasteiger partial charge in [0, 0.05) is 22.2 Å². The first-order valence-electron chi connectivity index (χ1n) is 6.22. The van der Waals surface area contributed by atoms with Crippen molar-refractivity contribution >= 4 is 17.0 Å². The summed E-state index contributed by atoms with van der Waals surface area (Å²) in [7, 11) is 1.66. The summed E-state index contributed by atoms with van der Waals surface area (Å²) >= 11 is 1.63. The first-order valence-corrected chi connectivity index (χ1v) is 7.10. The summed E-state index contributed by atoms with van der Waals surface area (Å²) in [5.74, 6) is 0.850. The van der Waals surface area contributed by atoms with Gasteiger partial charge in [0.05, 0.1) is 12.8 Å². The van der Waals surface area contributed by atoms with Crippen LogP contribution in [-0.4, -0.2) is 12.1 Å². The van der Waals surface area contributed by atoms with Gasteiger partial charge in [-0.15, -0.1) is 11.3 Å². The zero-order chi connectivity index (χ0) is 13.9. The number of ether oxygens (including phenoxy) is 1. The summed E-state index contributed by atoms with van der Waals surface area (Å²) in [6.45, 7) is 0. The number of hydrogen-bond acceptors (Lipinski definition) is 4. The van der Waals surface area contributed by atoms with Crippen molar-refractivity contribution in [1.82, 2.24) is 4.98 Å². The van der Waals surface area contributed by atoms with Gasteiger partial charge in [-0.25, -0.2) is 4.98 Å². The molecule has 1 aromatic heterocycles. The highest BCUT2D eigenvalue weighted by molar-refractivity contribution is 7.13. The number of rotatable bonds is 3. The largest absolute Gasteiger partial charge is 0.497 e. The zero-order valence-electron chi connectivity index (χ0n) is 11.0. The smallest absolute Gasteiger partial charge is 0.124 e. The van der Waals surface area contributed by atoms with E-state index in [9.17, 15) is 0 Å². The number of benzene rings is 2. The van der Waals surface area contributed by atoms with Gasteiger partial charge in [0.2, 0.25) is 0 Å². The second kappa shape index (κ2) is 5.35. The molecule has 0 unspecified atom stereocenters. The van der Waals surface area contributed by atoms with Gasteiger partial charge in [0.25, 0.3) is 0 Å². The van der Waals surface area contributed by atoms with Gasteiger partial charge in [0.15, 0.2) is 0 Å². The van der Waals surface area contributed by atoms with Crippen molar-refractivity contribution < 1.29 is 4.74 Å². The Morgan fingerprint density at radius 3 is 2.25 bits per heavy atom. The Morgan fingerprint density at radius 2 is 1.60 bits per heavy atom. The SMILES string of the molecule is COc1ccc(-c2csc(-c3ccc(N)cc3)n2)cc1. The van der Waals surface area contributed by atoms with E-state index in [1.54, 1.807) is 18.4 Å². The molecule has 0 fully saturated rings. The highest BCUT2D eigenvalue weighted by atomic mass is 32.1. The van der Waals surface area contributed by atoms with Gasteiger partial charge in [-0.2, -0.15) is 0 Å². The zero-order valence-corrected chi connectivity index (χ0v) is 11.9. The minimum Gasteiger partial charge on any atom is -0.497 e. The molecular formula is C16H14N2OS. The summed E-state index contributed by atoms with van der Waals surface area (Å²) < 4.78 is 5.16. The summed E-state index contributed by atoms with van der Waals surface area (Å²) in [6, 6.07) is 15.7. The van der Waals surface area contributed by atoms with Crippen molar-refractivity contribution in [2.45, 2.75) is 0 Å². The Labute approximate surface area is 121 Å². The Morgan fingerprint density at radius 1 is 0.950 bits per heavy atom. The lowest BCUT2D eigenvalue weighted by atomic mass is 10.1. The first-order chi connectivity index (χ1) is 9.76. The van der Waals surface area contributed by atoms with E-state index in [4.69, 9.17) is 10.5 Å². The Balaban J connectivity index is 1.91. The molecule has 0 bridgehead atoms. The van der Waals surface area contributed by atoms with Crippen LogP contribution in [0.15, 0.2) is 53.9 Å². The fraction of sp³-hybridized carbons (Fsp3) is 0.0625. The maximum absolute atomic E-state index is 5.70. The minimum absolute atomic E-state index is 0.765. The lowest BCUT2D eigenvalue weighted by Crippen LogP contribution is -1.84. The molecule has 2 N–H and O–H groups in total. The third-order valence-corrected chi connectivity index (χ3v) is 3.94. The standard InChI is InChI=1S/C16H14N2OS/c1-19-14-8-4-11(5-9-14)15-10-20-16(18-15)12-2-6-13(17)7-3-12/h2-10H,17H2,1H3. The van der Waals surface area contributed by atoms with E-state index in [-0.39, 0.29) is 0 Å². The molecule has 0 aliphatic rings. The van der Waals surface area contributed by atoms with Crippen LogP contribution < -0.4 is 10.5 Å². The molecule has 2 aromatic carbocycles. The van der Waals surface area contributed by atoms with Crippen LogP contribution in [0.3, 0.4) is 0 Å².